The normalized spacial score (nSPS) is 23.7. The number of aromatic nitrogens is 2. The Morgan fingerprint density at radius 3 is 2.78 bits per heavy atom. The molecule has 1 fully saturated rings. The number of aliphatic hydroxyl groups excluding tert-OH is 1. The van der Waals surface area contributed by atoms with Crippen LogP contribution in [0.15, 0.2) is 6.07 Å². The number of anilines is 3. The molecular weight excluding hydrogens is 230 g/mol. The van der Waals surface area contributed by atoms with E-state index < -0.39 is 0 Å². The van der Waals surface area contributed by atoms with Crippen molar-refractivity contribution in [2.75, 3.05) is 22.9 Å². The van der Waals surface area contributed by atoms with Crippen molar-refractivity contribution in [2.24, 2.45) is 0 Å². The zero-order valence-corrected chi connectivity index (χ0v) is 10.7. The van der Waals surface area contributed by atoms with Crippen molar-refractivity contribution in [1.82, 2.24) is 9.97 Å². The molecule has 1 aromatic heterocycles. The lowest BCUT2D eigenvalue weighted by Gasteiger charge is -2.28. The molecule has 1 aliphatic rings. The maximum Gasteiger partial charge on any atom is 0.223 e. The van der Waals surface area contributed by atoms with Gasteiger partial charge in [0.2, 0.25) is 5.95 Å². The summed E-state index contributed by atoms with van der Waals surface area (Å²) in [6.45, 7) is 2.78. The van der Waals surface area contributed by atoms with E-state index in [4.69, 9.17) is 5.73 Å². The molecule has 2 rings (SSSR count). The quantitative estimate of drug-likeness (QED) is 0.642. The van der Waals surface area contributed by atoms with Crippen LogP contribution in [0.3, 0.4) is 0 Å². The summed E-state index contributed by atoms with van der Waals surface area (Å²) < 4.78 is 0. The smallest absolute Gasteiger partial charge is 0.223 e. The van der Waals surface area contributed by atoms with Gasteiger partial charge in [-0.1, -0.05) is 12.8 Å². The molecule has 0 spiro atoms. The van der Waals surface area contributed by atoms with Gasteiger partial charge in [-0.3, -0.25) is 0 Å². The Balaban J connectivity index is 2.07. The highest BCUT2D eigenvalue weighted by atomic mass is 16.3. The van der Waals surface area contributed by atoms with Crippen LogP contribution in [0.2, 0.25) is 0 Å². The molecule has 1 aliphatic carbocycles. The van der Waals surface area contributed by atoms with E-state index in [1.807, 2.05) is 13.0 Å². The van der Waals surface area contributed by atoms with E-state index in [0.29, 0.717) is 11.6 Å². The summed E-state index contributed by atoms with van der Waals surface area (Å²) in [6.07, 6.45) is 3.72. The summed E-state index contributed by atoms with van der Waals surface area (Å²) in [7, 11) is 0. The van der Waals surface area contributed by atoms with E-state index in [1.54, 1.807) is 0 Å². The largest absolute Gasteiger partial charge is 0.391 e. The molecule has 6 nitrogen and oxygen atoms in total. The molecular formula is C12H21N5O. The minimum atomic E-state index is -0.308. The molecule has 0 radical (unpaired) electrons. The molecule has 0 bridgehead atoms. The number of rotatable bonds is 4. The Labute approximate surface area is 107 Å². The van der Waals surface area contributed by atoms with Gasteiger partial charge in [-0.2, -0.15) is 9.97 Å². The number of nitrogen functional groups attached to an aromatic ring is 1. The molecule has 2 unspecified atom stereocenters. The van der Waals surface area contributed by atoms with Crippen molar-refractivity contribution in [3.63, 3.8) is 0 Å². The first-order valence-corrected chi connectivity index (χ1v) is 6.52. The minimum Gasteiger partial charge on any atom is -0.391 e. The first kappa shape index (κ1) is 12.9. The van der Waals surface area contributed by atoms with E-state index in [0.717, 1.165) is 32.2 Å². The topological polar surface area (TPSA) is 96.1 Å². The van der Waals surface area contributed by atoms with Gasteiger partial charge in [-0.15, -0.1) is 0 Å². The fraction of sp³-hybridized carbons (Fsp3) is 0.667. The first-order valence-electron chi connectivity index (χ1n) is 6.52. The van der Waals surface area contributed by atoms with Crippen LogP contribution in [0.1, 0.15) is 32.6 Å². The standard InChI is InChI=1S/C12H21N5O/c1-2-14-10-7-11(17-12(13)16-10)15-8-5-3-4-6-9(8)18/h7-9,18H,2-6H2,1H3,(H4,13,14,15,16,17). The Morgan fingerprint density at radius 2 is 2.06 bits per heavy atom. The second-order valence-corrected chi connectivity index (χ2v) is 4.63. The number of hydrogen-bond donors (Lipinski definition) is 4. The Kier molecular flexibility index (Phi) is 4.19. The monoisotopic (exact) mass is 251 g/mol. The van der Waals surface area contributed by atoms with Crippen molar-refractivity contribution >= 4 is 17.6 Å². The number of hydrogen-bond acceptors (Lipinski definition) is 6. The third kappa shape index (κ3) is 3.22. The number of aliphatic hydroxyl groups is 1. The van der Waals surface area contributed by atoms with Crippen molar-refractivity contribution in [3.8, 4) is 0 Å². The zero-order valence-electron chi connectivity index (χ0n) is 10.7. The van der Waals surface area contributed by atoms with Gasteiger partial charge in [-0.25, -0.2) is 0 Å². The summed E-state index contributed by atoms with van der Waals surface area (Å²) in [5.74, 6) is 1.61. The third-order valence-corrected chi connectivity index (χ3v) is 3.16. The predicted octanol–water partition coefficient (Wildman–Crippen LogP) is 1.21. The summed E-state index contributed by atoms with van der Waals surface area (Å²) >= 11 is 0. The molecule has 1 heterocycles. The Bertz CT molecular complexity index is 398. The van der Waals surface area contributed by atoms with Crippen LogP contribution < -0.4 is 16.4 Å². The maximum atomic E-state index is 9.92. The minimum absolute atomic E-state index is 0.0579. The second-order valence-electron chi connectivity index (χ2n) is 4.63. The molecule has 0 saturated heterocycles. The highest BCUT2D eigenvalue weighted by Gasteiger charge is 2.23. The fourth-order valence-corrected chi connectivity index (χ4v) is 2.28. The maximum absolute atomic E-state index is 9.92. The summed E-state index contributed by atoms with van der Waals surface area (Å²) in [6, 6.07) is 1.88. The van der Waals surface area contributed by atoms with Crippen molar-refractivity contribution in [1.29, 1.82) is 0 Å². The molecule has 6 heteroatoms. The molecule has 1 aromatic rings. The molecule has 5 N–H and O–H groups in total. The molecule has 2 atom stereocenters. The van der Waals surface area contributed by atoms with Gasteiger partial charge < -0.3 is 21.5 Å². The van der Waals surface area contributed by atoms with Gasteiger partial charge in [0.1, 0.15) is 11.6 Å². The highest BCUT2D eigenvalue weighted by molar-refractivity contribution is 5.51. The number of nitrogens with one attached hydrogen (secondary N) is 2. The molecule has 1 saturated carbocycles. The van der Waals surface area contributed by atoms with Crippen LogP contribution >= 0.6 is 0 Å². The fourth-order valence-electron chi connectivity index (χ4n) is 2.28. The SMILES string of the molecule is CCNc1cc(NC2CCCCC2O)nc(N)n1. The van der Waals surface area contributed by atoms with Gasteiger partial charge in [0.25, 0.3) is 0 Å². The van der Waals surface area contributed by atoms with Gasteiger partial charge >= 0.3 is 0 Å². The molecule has 0 aliphatic heterocycles. The lowest BCUT2D eigenvalue weighted by Crippen LogP contribution is -2.36. The molecule has 18 heavy (non-hydrogen) atoms. The van der Waals surface area contributed by atoms with Gasteiger partial charge in [0.15, 0.2) is 0 Å². The molecule has 0 amide bonds. The molecule has 0 aromatic carbocycles. The zero-order chi connectivity index (χ0) is 13.0. The van der Waals surface area contributed by atoms with E-state index in [9.17, 15) is 5.11 Å². The van der Waals surface area contributed by atoms with Crippen LogP contribution in [0.4, 0.5) is 17.6 Å². The van der Waals surface area contributed by atoms with Crippen LogP contribution in [-0.4, -0.2) is 33.8 Å². The van der Waals surface area contributed by atoms with E-state index in [-0.39, 0.29) is 18.1 Å². The van der Waals surface area contributed by atoms with Gasteiger partial charge in [0.05, 0.1) is 12.1 Å². The summed E-state index contributed by atoms with van der Waals surface area (Å²) in [5, 5.41) is 16.3. The van der Waals surface area contributed by atoms with Crippen molar-refractivity contribution in [2.45, 2.75) is 44.8 Å². The second kappa shape index (κ2) is 5.86. The van der Waals surface area contributed by atoms with E-state index in [2.05, 4.69) is 20.6 Å². The van der Waals surface area contributed by atoms with Crippen molar-refractivity contribution < 1.29 is 5.11 Å². The summed E-state index contributed by atoms with van der Waals surface area (Å²) in [5.41, 5.74) is 5.66. The molecule has 100 valence electrons. The lowest BCUT2D eigenvalue weighted by molar-refractivity contribution is 0.116. The average Bonchev–Trinajstić information content (AvgIpc) is 2.32. The first-order chi connectivity index (χ1) is 8.69. The number of nitrogens with zero attached hydrogens (tertiary/aromatic N) is 2. The van der Waals surface area contributed by atoms with Gasteiger partial charge in [0, 0.05) is 12.6 Å². The lowest BCUT2D eigenvalue weighted by atomic mass is 9.93. The van der Waals surface area contributed by atoms with E-state index >= 15 is 0 Å². The highest BCUT2D eigenvalue weighted by Crippen LogP contribution is 2.22. The Morgan fingerprint density at radius 1 is 1.33 bits per heavy atom. The van der Waals surface area contributed by atoms with Crippen molar-refractivity contribution in [3.05, 3.63) is 6.07 Å². The van der Waals surface area contributed by atoms with Crippen LogP contribution in [-0.2, 0) is 0 Å². The van der Waals surface area contributed by atoms with Crippen LogP contribution in [0.25, 0.3) is 0 Å². The predicted molar refractivity (Wildman–Crippen MR) is 72.5 cm³/mol. The van der Waals surface area contributed by atoms with Crippen LogP contribution in [0, 0.1) is 0 Å². The van der Waals surface area contributed by atoms with Gasteiger partial charge in [-0.05, 0) is 19.8 Å². The third-order valence-electron chi connectivity index (χ3n) is 3.16. The van der Waals surface area contributed by atoms with Crippen LogP contribution in [0.5, 0.6) is 0 Å². The van der Waals surface area contributed by atoms with E-state index in [1.165, 1.54) is 0 Å². The number of nitrogens with two attached hydrogens (primary N) is 1. The Hall–Kier alpha value is -1.56. The summed E-state index contributed by atoms with van der Waals surface area (Å²) in [4.78, 5) is 8.24. The average molecular weight is 251 g/mol.